The Labute approximate surface area is 109 Å². The highest BCUT2D eigenvalue weighted by molar-refractivity contribution is 8.15. The van der Waals surface area contributed by atoms with Crippen LogP contribution < -0.4 is 5.32 Å². The summed E-state index contributed by atoms with van der Waals surface area (Å²) in [7, 11) is 1.44. The predicted octanol–water partition coefficient (Wildman–Crippen LogP) is 2.36. The minimum absolute atomic E-state index is 0.0291. The van der Waals surface area contributed by atoms with Gasteiger partial charge in [-0.25, -0.2) is 13.4 Å². The van der Waals surface area contributed by atoms with Gasteiger partial charge in [-0.05, 0) is 13.3 Å². The van der Waals surface area contributed by atoms with E-state index in [1.807, 2.05) is 6.92 Å². The molecule has 1 unspecified atom stereocenters. The Hall–Kier alpha value is -0.660. The lowest BCUT2D eigenvalue weighted by atomic mass is 10.1. The largest absolute Gasteiger partial charge is 0.302 e. The van der Waals surface area contributed by atoms with Crippen molar-refractivity contribution in [2.75, 3.05) is 5.32 Å². The van der Waals surface area contributed by atoms with Crippen LogP contribution in [0.4, 0.5) is 5.13 Å². The van der Waals surface area contributed by atoms with Crippen LogP contribution >= 0.6 is 22.0 Å². The molecular formula is C9H13ClN2O3S2. The third kappa shape index (κ3) is 3.65. The molecule has 8 heteroatoms. The quantitative estimate of drug-likeness (QED) is 0.865. The number of carbonyl (C=O) groups excluding carboxylic acids is 1. The Morgan fingerprint density at radius 1 is 1.59 bits per heavy atom. The maximum Gasteiger partial charge on any atom is 0.272 e. The van der Waals surface area contributed by atoms with E-state index in [0.29, 0.717) is 12.1 Å². The summed E-state index contributed by atoms with van der Waals surface area (Å²) in [5, 5.41) is 2.83. The number of aromatic nitrogens is 1. The Bertz CT molecular complexity index is 524. The molecule has 17 heavy (non-hydrogen) atoms. The second kappa shape index (κ2) is 5.32. The number of anilines is 1. The van der Waals surface area contributed by atoms with Crippen molar-refractivity contribution < 1.29 is 13.2 Å². The summed E-state index contributed by atoms with van der Waals surface area (Å²) < 4.78 is 22.3. The van der Waals surface area contributed by atoms with Crippen molar-refractivity contribution >= 4 is 42.1 Å². The summed E-state index contributed by atoms with van der Waals surface area (Å²) in [6, 6.07) is 0. The van der Waals surface area contributed by atoms with E-state index in [9.17, 15) is 13.2 Å². The van der Waals surface area contributed by atoms with Crippen LogP contribution in [0.2, 0.25) is 0 Å². The normalized spacial score (nSPS) is 13.4. The second-order valence-electron chi connectivity index (χ2n) is 3.63. The molecule has 0 saturated heterocycles. The number of carbonyl (C=O) groups is 1. The summed E-state index contributed by atoms with van der Waals surface area (Å²) in [6.45, 7) is 5.21. The standard InChI is InChI=1S/C9H13ClN2O3S2/c1-4-5(2)7(13)12-9-11-6(3)8(16-9)17(10,14)15/h5H,4H2,1-3H3,(H,11,12,13). The van der Waals surface area contributed by atoms with Gasteiger partial charge in [0.05, 0.1) is 5.69 Å². The fraction of sp³-hybridized carbons (Fsp3) is 0.556. The molecule has 1 aromatic heterocycles. The lowest BCUT2D eigenvalue weighted by Crippen LogP contribution is -2.19. The Morgan fingerprint density at radius 3 is 2.59 bits per heavy atom. The average Bonchev–Trinajstić information content (AvgIpc) is 2.57. The van der Waals surface area contributed by atoms with Gasteiger partial charge < -0.3 is 5.32 Å². The molecule has 5 nitrogen and oxygen atoms in total. The zero-order valence-corrected chi connectivity index (χ0v) is 12.0. The molecule has 0 aliphatic heterocycles. The van der Waals surface area contributed by atoms with Crippen LogP contribution in [0.25, 0.3) is 0 Å². The van der Waals surface area contributed by atoms with Crippen LogP contribution in [0.1, 0.15) is 26.0 Å². The summed E-state index contributed by atoms with van der Waals surface area (Å²) in [5.41, 5.74) is 0.296. The third-order valence-electron chi connectivity index (χ3n) is 2.27. The first-order valence-electron chi connectivity index (χ1n) is 4.98. The molecule has 1 N–H and O–H groups in total. The molecule has 1 rings (SSSR count). The van der Waals surface area contributed by atoms with E-state index < -0.39 is 9.05 Å². The zero-order chi connectivity index (χ0) is 13.2. The number of thiazole rings is 1. The SMILES string of the molecule is CCC(C)C(=O)Nc1nc(C)c(S(=O)(=O)Cl)s1. The lowest BCUT2D eigenvalue weighted by Gasteiger charge is -2.06. The van der Waals surface area contributed by atoms with Crippen molar-refractivity contribution in [2.45, 2.75) is 31.4 Å². The van der Waals surface area contributed by atoms with Crippen molar-refractivity contribution in [1.29, 1.82) is 0 Å². The predicted molar refractivity (Wildman–Crippen MR) is 68.0 cm³/mol. The van der Waals surface area contributed by atoms with Gasteiger partial charge in [-0.15, -0.1) is 0 Å². The van der Waals surface area contributed by atoms with Crippen molar-refractivity contribution in [3.63, 3.8) is 0 Å². The van der Waals surface area contributed by atoms with Crippen LogP contribution in [-0.2, 0) is 13.8 Å². The Morgan fingerprint density at radius 2 is 2.18 bits per heavy atom. The molecule has 0 saturated carbocycles. The highest BCUT2D eigenvalue weighted by Gasteiger charge is 2.21. The third-order valence-corrected chi connectivity index (χ3v) is 5.52. The topological polar surface area (TPSA) is 76.1 Å². The number of halogens is 1. The summed E-state index contributed by atoms with van der Waals surface area (Å²) in [4.78, 5) is 15.5. The van der Waals surface area contributed by atoms with E-state index in [1.54, 1.807) is 6.92 Å². The van der Waals surface area contributed by atoms with E-state index in [-0.39, 0.29) is 21.2 Å². The van der Waals surface area contributed by atoms with E-state index in [4.69, 9.17) is 10.7 Å². The van der Waals surface area contributed by atoms with Crippen LogP contribution in [0.3, 0.4) is 0 Å². The molecule has 1 aromatic rings. The van der Waals surface area contributed by atoms with E-state index in [2.05, 4.69) is 10.3 Å². The molecule has 0 aromatic carbocycles. The van der Waals surface area contributed by atoms with Crippen molar-refractivity contribution in [1.82, 2.24) is 4.98 Å². The molecule has 0 radical (unpaired) electrons. The number of rotatable bonds is 4. The number of amides is 1. The second-order valence-corrected chi connectivity index (χ2v) is 7.39. The summed E-state index contributed by atoms with van der Waals surface area (Å²) in [5.74, 6) is -0.324. The number of hydrogen-bond donors (Lipinski definition) is 1. The van der Waals surface area contributed by atoms with E-state index >= 15 is 0 Å². The summed E-state index contributed by atoms with van der Waals surface area (Å²) >= 11 is 0.860. The Balaban J connectivity index is 2.93. The fourth-order valence-electron chi connectivity index (χ4n) is 1.08. The minimum Gasteiger partial charge on any atom is -0.302 e. The van der Waals surface area contributed by atoms with Crippen LogP contribution in [-0.4, -0.2) is 19.3 Å². The molecule has 0 spiro atoms. The molecule has 0 aliphatic rings. The molecule has 0 bridgehead atoms. The fourth-order valence-corrected chi connectivity index (χ4v) is 3.43. The molecule has 96 valence electrons. The van der Waals surface area contributed by atoms with Crippen LogP contribution in [0.15, 0.2) is 4.21 Å². The Kier molecular flexibility index (Phi) is 4.51. The highest BCUT2D eigenvalue weighted by atomic mass is 35.7. The number of nitrogens with one attached hydrogen (secondary N) is 1. The van der Waals surface area contributed by atoms with Gasteiger partial charge in [0.1, 0.15) is 0 Å². The first-order chi connectivity index (χ1) is 7.75. The van der Waals surface area contributed by atoms with E-state index in [0.717, 1.165) is 11.3 Å². The first-order valence-corrected chi connectivity index (χ1v) is 8.11. The van der Waals surface area contributed by atoms with Gasteiger partial charge in [0.25, 0.3) is 9.05 Å². The van der Waals surface area contributed by atoms with Crippen molar-refractivity contribution in [2.24, 2.45) is 5.92 Å². The number of aryl methyl sites for hydroxylation is 1. The van der Waals surface area contributed by atoms with Crippen LogP contribution in [0, 0.1) is 12.8 Å². The van der Waals surface area contributed by atoms with Gasteiger partial charge in [0.15, 0.2) is 9.34 Å². The molecule has 1 heterocycles. The first kappa shape index (κ1) is 14.4. The highest BCUT2D eigenvalue weighted by Crippen LogP contribution is 2.29. The van der Waals surface area contributed by atoms with Gasteiger partial charge in [-0.2, -0.15) is 0 Å². The van der Waals surface area contributed by atoms with Crippen LogP contribution in [0.5, 0.6) is 0 Å². The maximum atomic E-state index is 11.6. The molecule has 0 aliphatic carbocycles. The number of nitrogens with zero attached hydrogens (tertiary/aromatic N) is 1. The van der Waals surface area contributed by atoms with Gasteiger partial charge in [-0.3, -0.25) is 4.79 Å². The molecule has 0 fully saturated rings. The van der Waals surface area contributed by atoms with Crippen molar-refractivity contribution in [3.05, 3.63) is 5.69 Å². The van der Waals surface area contributed by atoms with Gasteiger partial charge >= 0.3 is 0 Å². The van der Waals surface area contributed by atoms with Gasteiger partial charge in [0.2, 0.25) is 5.91 Å². The number of hydrogen-bond acceptors (Lipinski definition) is 5. The van der Waals surface area contributed by atoms with Gasteiger partial charge in [0, 0.05) is 16.6 Å². The minimum atomic E-state index is -3.80. The smallest absolute Gasteiger partial charge is 0.272 e. The maximum absolute atomic E-state index is 11.6. The molecule has 1 amide bonds. The molecule has 1 atom stereocenters. The molecular weight excluding hydrogens is 284 g/mol. The van der Waals surface area contributed by atoms with E-state index in [1.165, 1.54) is 6.92 Å². The monoisotopic (exact) mass is 296 g/mol. The lowest BCUT2D eigenvalue weighted by molar-refractivity contribution is -0.119. The average molecular weight is 297 g/mol. The van der Waals surface area contributed by atoms with Crippen molar-refractivity contribution in [3.8, 4) is 0 Å². The summed E-state index contributed by atoms with van der Waals surface area (Å²) in [6.07, 6.45) is 0.705. The zero-order valence-electron chi connectivity index (χ0n) is 9.65. The van der Waals surface area contributed by atoms with Gasteiger partial charge in [-0.1, -0.05) is 25.2 Å².